The van der Waals surface area contributed by atoms with E-state index in [0.717, 1.165) is 38.2 Å². The number of thiazole rings is 1. The monoisotopic (exact) mass is 269 g/mol. The number of rotatable bonds is 4. The normalized spacial score (nSPS) is 17.1. The van der Waals surface area contributed by atoms with Crippen LogP contribution in [0.25, 0.3) is 0 Å². The van der Waals surface area contributed by atoms with Crippen molar-refractivity contribution in [1.29, 1.82) is 0 Å². The number of hydrogen-bond acceptors (Lipinski definition) is 5. The van der Waals surface area contributed by atoms with Crippen molar-refractivity contribution >= 4 is 22.4 Å². The number of hydrogen-bond donors (Lipinski definition) is 1. The summed E-state index contributed by atoms with van der Waals surface area (Å²) in [5.74, 6) is 0.741. The fourth-order valence-corrected chi connectivity index (χ4v) is 2.82. The molecule has 1 amide bonds. The molecule has 6 heteroatoms. The van der Waals surface area contributed by atoms with E-state index in [1.807, 2.05) is 10.3 Å². The standard InChI is InChI=1S/C12H19N3O2S/c1-17-7-9-2-4-15(5-3-9)11(16)6-10-8-18-12(13)14-10/h8-9H,2-7H2,1H3,(H2,13,14). The molecular weight excluding hydrogens is 250 g/mol. The highest BCUT2D eigenvalue weighted by molar-refractivity contribution is 7.13. The number of amides is 1. The third kappa shape index (κ3) is 3.43. The van der Waals surface area contributed by atoms with E-state index < -0.39 is 0 Å². The van der Waals surface area contributed by atoms with Gasteiger partial charge in [-0.1, -0.05) is 0 Å². The van der Waals surface area contributed by atoms with Gasteiger partial charge < -0.3 is 15.4 Å². The van der Waals surface area contributed by atoms with E-state index in [4.69, 9.17) is 10.5 Å². The van der Waals surface area contributed by atoms with Gasteiger partial charge in [0.2, 0.25) is 5.91 Å². The summed E-state index contributed by atoms with van der Waals surface area (Å²) in [4.78, 5) is 18.1. The van der Waals surface area contributed by atoms with Gasteiger partial charge in [0.05, 0.1) is 12.1 Å². The van der Waals surface area contributed by atoms with Crippen LogP contribution in [0.15, 0.2) is 5.38 Å². The summed E-state index contributed by atoms with van der Waals surface area (Å²) in [7, 11) is 1.73. The maximum absolute atomic E-state index is 12.1. The molecule has 1 fully saturated rings. The van der Waals surface area contributed by atoms with Crippen LogP contribution >= 0.6 is 11.3 Å². The largest absolute Gasteiger partial charge is 0.384 e. The predicted octanol–water partition coefficient (Wildman–Crippen LogP) is 1.15. The highest BCUT2D eigenvalue weighted by Crippen LogP contribution is 2.19. The molecule has 0 spiro atoms. The van der Waals surface area contributed by atoms with Crippen LogP contribution in [0.4, 0.5) is 5.13 Å². The molecule has 0 unspecified atom stereocenters. The molecule has 2 N–H and O–H groups in total. The van der Waals surface area contributed by atoms with E-state index >= 15 is 0 Å². The maximum Gasteiger partial charge on any atom is 0.228 e. The molecule has 1 aliphatic heterocycles. The minimum absolute atomic E-state index is 0.149. The molecule has 5 nitrogen and oxygen atoms in total. The number of methoxy groups -OCH3 is 1. The van der Waals surface area contributed by atoms with Crippen molar-refractivity contribution in [1.82, 2.24) is 9.88 Å². The molecule has 18 heavy (non-hydrogen) atoms. The SMILES string of the molecule is COCC1CCN(C(=O)Cc2csc(N)n2)CC1. The number of nitrogen functional groups attached to an aromatic ring is 1. The van der Waals surface area contributed by atoms with Crippen LogP contribution in [0.2, 0.25) is 0 Å². The van der Waals surface area contributed by atoms with Crippen LogP contribution < -0.4 is 5.73 Å². The van der Waals surface area contributed by atoms with Gasteiger partial charge in [0.15, 0.2) is 5.13 Å². The Labute approximate surface area is 111 Å². The second-order valence-corrected chi connectivity index (χ2v) is 5.52. The lowest BCUT2D eigenvalue weighted by molar-refractivity contribution is -0.132. The average Bonchev–Trinajstić information content (AvgIpc) is 2.76. The summed E-state index contributed by atoms with van der Waals surface area (Å²) in [6.07, 6.45) is 2.42. The smallest absolute Gasteiger partial charge is 0.228 e. The summed E-state index contributed by atoms with van der Waals surface area (Å²) in [6.45, 7) is 2.45. The Kier molecular flexibility index (Phi) is 4.54. The van der Waals surface area contributed by atoms with Crippen LogP contribution in [0.5, 0.6) is 0 Å². The Bertz CT molecular complexity index is 400. The second kappa shape index (κ2) is 6.15. The first kappa shape index (κ1) is 13.3. The molecular formula is C12H19N3O2S. The van der Waals surface area contributed by atoms with Crippen LogP contribution in [0.1, 0.15) is 18.5 Å². The topological polar surface area (TPSA) is 68.5 Å². The lowest BCUT2D eigenvalue weighted by atomic mass is 9.97. The van der Waals surface area contributed by atoms with Gasteiger partial charge in [0.25, 0.3) is 0 Å². The lowest BCUT2D eigenvalue weighted by Gasteiger charge is -2.31. The Morgan fingerprint density at radius 3 is 2.89 bits per heavy atom. The molecule has 1 aromatic rings. The first-order chi connectivity index (χ1) is 8.69. The summed E-state index contributed by atoms with van der Waals surface area (Å²) in [6, 6.07) is 0. The molecule has 1 saturated heterocycles. The van der Waals surface area contributed by atoms with Gasteiger partial charge in [-0.25, -0.2) is 4.98 Å². The van der Waals surface area contributed by atoms with Crippen LogP contribution in [-0.2, 0) is 16.0 Å². The number of anilines is 1. The number of nitrogens with two attached hydrogens (primary N) is 1. The first-order valence-electron chi connectivity index (χ1n) is 6.15. The Balaban J connectivity index is 1.80. The summed E-state index contributed by atoms with van der Waals surface area (Å²) in [5, 5.41) is 2.38. The number of nitrogens with zero attached hydrogens (tertiary/aromatic N) is 2. The van der Waals surface area contributed by atoms with Gasteiger partial charge in [-0.2, -0.15) is 0 Å². The quantitative estimate of drug-likeness (QED) is 0.890. The van der Waals surface area contributed by atoms with Gasteiger partial charge in [-0.3, -0.25) is 4.79 Å². The highest BCUT2D eigenvalue weighted by atomic mass is 32.1. The number of likely N-dealkylation sites (tertiary alicyclic amines) is 1. The third-order valence-electron chi connectivity index (χ3n) is 3.27. The highest BCUT2D eigenvalue weighted by Gasteiger charge is 2.23. The third-order valence-corrected chi connectivity index (χ3v) is 3.99. The molecule has 0 saturated carbocycles. The van der Waals surface area contributed by atoms with Crippen LogP contribution in [0, 0.1) is 5.92 Å². The average molecular weight is 269 g/mol. The van der Waals surface area contributed by atoms with Crippen molar-refractivity contribution < 1.29 is 9.53 Å². The number of ether oxygens (including phenoxy) is 1. The first-order valence-corrected chi connectivity index (χ1v) is 7.03. The zero-order chi connectivity index (χ0) is 13.0. The lowest BCUT2D eigenvalue weighted by Crippen LogP contribution is -2.40. The van der Waals surface area contributed by atoms with Gasteiger partial charge in [0.1, 0.15) is 0 Å². The predicted molar refractivity (Wildman–Crippen MR) is 71.4 cm³/mol. The second-order valence-electron chi connectivity index (χ2n) is 4.63. The van der Waals surface area contributed by atoms with Crippen molar-refractivity contribution in [2.24, 2.45) is 5.92 Å². The summed E-state index contributed by atoms with van der Waals surface area (Å²) in [5.41, 5.74) is 6.33. The van der Waals surface area contributed by atoms with Crippen molar-refractivity contribution in [2.75, 3.05) is 32.5 Å². The maximum atomic E-state index is 12.1. The molecule has 0 bridgehead atoms. The molecule has 2 heterocycles. The number of piperidine rings is 1. The Morgan fingerprint density at radius 2 is 2.33 bits per heavy atom. The molecule has 0 radical (unpaired) electrons. The van der Waals surface area contributed by atoms with Crippen molar-refractivity contribution in [3.05, 3.63) is 11.1 Å². The van der Waals surface area contributed by atoms with E-state index in [1.54, 1.807) is 7.11 Å². The zero-order valence-electron chi connectivity index (χ0n) is 10.6. The molecule has 2 rings (SSSR count). The Morgan fingerprint density at radius 1 is 1.61 bits per heavy atom. The number of aromatic nitrogens is 1. The molecule has 100 valence electrons. The number of carbonyl (C=O) groups is 1. The van der Waals surface area contributed by atoms with E-state index in [2.05, 4.69) is 4.98 Å². The van der Waals surface area contributed by atoms with Gasteiger partial charge >= 0.3 is 0 Å². The van der Waals surface area contributed by atoms with Crippen molar-refractivity contribution in [2.45, 2.75) is 19.3 Å². The van der Waals surface area contributed by atoms with E-state index in [0.29, 0.717) is 17.5 Å². The zero-order valence-corrected chi connectivity index (χ0v) is 11.4. The molecule has 1 aliphatic rings. The fourth-order valence-electron chi connectivity index (χ4n) is 2.26. The van der Waals surface area contributed by atoms with Gasteiger partial charge in [-0.05, 0) is 18.8 Å². The van der Waals surface area contributed by atoms with E-state index in [1.165, 1.54) is 11.3 Å². The van der Waals surface area contributed by atoms with Crippen molar-refractivity contribution in [3.63, 3.8) is 0 Å². The van der Waals surface area contributed by atoms with E-state index in [-0.39, 0.29) is 5.91 Å². The van der Waals surface area contributed by atoms with Crippen molar-refractivity contribution in [3.8, 4) is 0 Å². The Hall–Kier alpha value is -1.14. The number of carbonyl (C=O) groups excluding carboxylic acids is 1. The summed E-state index contributed by atoms with van der Waals surface area (Å²) >= 11 is 1.38. The minimum atomic E-state index is 0.149. The molecule has 0 aromatic carbocycles. The molecule has 1 aromatic heterocycles. The fraction of sp³-hybridized carbons (Fsp3) is 0.667. The van der Waals surface area contributed by atoms with Crippen LogP contribution in [0.3, 0.4) is 0 Å². The van der Waals surface area contributed by atoms with E-state index in [9.17, 15) is 4.79 Å². The van der Waals surface area contributed by atoms with Crippen LogP contribution in [-0.4, -0.2) is 42.6 Å². The molecule has 0 aliphatic carbocycles. The van der Waals surface area contributed by atoms with Gasteiger partial charge in [0, 0.05) is 32.2 Å². The minimum Gasteiger partial charge on any atom is -0.384 e. The molecule has 0 atom stereocenters. The summed E-state index contributed by atoms with van der Waals surface area (Å²) < 4.78 is 5.15. The van der Waals surface area contributed by atoms with Gasteiger partial charge in [-0.15, -0.1) is 11.3 Å².